The first kappa shape index (κ1) is 9.59. The Labute approximate surface area is 81.9 Å². The number of benzene rings is 1. The summed E-state index contributed by atoms with van der Waals surface area (Å²) in [7, 11) is 0. The lowest BCUT2D eigenvalue weighted by Crippen LogP contribution is -2.17. The van der Waals surface area contributed by atoms with Crippen molar-refractivity contribution in [3.05, 3.63) is 35.4 Å². The highest BCUT2D eigenvalue weighted by Crippen LogP contribution is 2.46. The Bertz CT molecular complexity index is 331. The second kappa shape index (κ2) is 3.31. The Morgan fingerprint density at radius 1 is 1.36 bits per heavy atom. The van der Waals surface area contributed by atoms with Gasteiger partial charge >= 0.3 is 0 Å². The summed E-state index contributed by atoms with van der Waals surface area (Å²) in [6.45, 7) is 2.04. The lowest BCUT2D eigenvalue weighted by Gasteiger charge is -2.13. The Kier molecular flexibility index (Phi) is 2.27. The van der Waals surface area contributed by atoms with Gasteiger partial charge in [-0.1, -0.05) is 13.0 Å². The molecule has 1 aromatic rings. The molecule has 0 heterocycles. The average Bonchev–Trinajstić information content (AvgIpc) is 2.82. The Balaban J connectivity index is 2.31. The van der Waals surface area contributed by atoms with Crippen LogP contribution in [0.1, 0.15) is 24.9 Å². The summed E-state index contributed by atoms with van der Waals surface area (Å²) in [5, 5.41) is 0. The fourth-order valence-corrected chi connectivity index (χ4v) is 1.89. The topological polar surface area (TPSA) is 26.0 Å². The molecular weight excluding hydrogens is 184 g/mol. The highest BCUT2D eigenvalue weighted by molar-refractivity contribution is 5.25. The standard InChI is InChI=1S/C11H13F2N/c1-6-5-7(6)11(14)10-8(12)3-2-4-9(10)13/h2-4,6-7,11H,5,14H2,1H3. The van der Waals surface area contributed by atoms with Crippen molar-refractivity contribution in [2.45, 2.75) is 19.4 Å². The smallest absolute Gasteiger partial charge is 0.130 e. The molecule has 0 saturated heterocycles. The fraction of sp³-hybridized carbons (Fsp3) is 0.455. The first-order valence-electron chi connectivity index (χ1n) is 4.80. The van der Waals surface area contributed by atoms with E-state index in [1.807, 2.05) is 6.92 Å². The highest BCUT2D eigenvalue weighted by Gasteiger charge is 2.40. The van der Waals surface area contributed by atoms with Crippen LogP contribution in [0, 0.1) is 23.5 Å². The maximum atomic E-state index is 13.3. The van der Waals surface area contributed by atoms with E-state index >= 15 is 0 Å². The van der Waals surface area contributed by atoms with Crippen LogP contribution in [-0.2, 0) is 0 Å². The zero-order valence-corrected chi connectivity index (χ0v) is 8.00. The summed E-state index contributed by atoms with van der Waals surface area (Å²) < 4.78 is 26.6. The van der Waals surface area contributed by atoms with Crippen LogP contribution in [0.3, 0.4) is 0 Å². The average molecular weight is 197 g/mol. The maximum Gasteiger partial charge on any atom is 0.130 e. The van der Waals surface area contributed by atoms with Crippen molar-refractivity contribution in [2.75, 3.05) is 0 Å². The first-order chi connectivity index (χ1) is 6.61. The van der Waals surface area contributed by atoms with Gasteiger partial charge in [-0.2, -0.15) is 0 Å². The van der Waals surface area contributed by atoms with E-state index in [4.69, 9.17) is 5.73 Å². The summed E-state index contributed by atoms with van der Waals surface area (Å²) in [4.78, 5) is 0. The molecule has 2 rings (SSSR count). The Hall–Kier alpha value is -0.960. The van der Waals surface area contributed by atoms with Crippen molar-refractivity contribution in [1.29, 1.82) is 0 Å². The van der Waals surface area contributed by atoms with Gasteiger partial charge in [-0.15, -0.1) is 0 Å². The largest absolute Gasteiger partial charge is 0.324 e. The van der Waals surface area contributed by atoms with Crippen molar-refractivity contribution in [1.82, 2.24) is 0 Å². The molecule has 1 aromatic carbocycles. The molecule has 1 saturated carbocycles. The zero-order valence-electron chi connectivity index (χ0n) is 8.00. The molecular formula is C11H13F2N. The van der Waals surface area contributed by atoms with E-state index in [1.54, 1.807) is 0 Å². The summed E-state index contributed by atoms with van der Waals surface area (Å²) >= 11 is 0. The summed E-state index contributed by atoms with van der Waals surface area (Å²) in [6.07, 6.45) is 0.967. The molecule has 1 aliphatic carbocycles. The van der Waals surface area contributed by atoms with Crippen LogP contribution in [0.15, 0.2) is 18.2 Å². The summed E-state index contributed by atoms with van der Waals surface area (Å²) in [6, 6.07) is 3.37. The molecule has 0 aromatic heterocycles. The monoisotopic (exact) mass is 197 g/mol. The number of hydrogen-bond acceptors (Lipinski definition) is 1. The zero-order chi connectivity index (χ0) is 10.3. The predicted octanol–water partition coefficient (Wildman–Crippen LogP) is 2.62. The van der Waals surface area contributed by atoms with Gasteiger partial charge in [0.1, 0.15) is 11.6 Å². The van der Waals surface area contributed by atoms with E-state index in [0.717, 1.165) is 6.42 Å². The molecule has 1 aliphatic rings. The minimum absolute atomic E-state index is 0.0434. The van der Waals surface area contributed by atoms with Gasteiger partial charge in [0.2, 0.25) is 0 Å². The van der Waals surface area contributed by atoms with Gasteiger partial charge < -0.3 is 5.73 Å². The van der Waals surface area contributed by atoms with Gasteiger partial charge in [-0.25, -0.2) is 8.78 Å². The van der Waals surface area contributed by atoms with Gasteiger partial charge in [0, 0.05) is 11.6 Å². The second-order valence-corrected chi connectivity index (χ2v) is 4.04. The number of rotatable bonds is 2. The van der Waals surface area contributed by atoms with Crippen LogP contribution in [0.4, 0.5) is 8.78 Å². The molecule has 1 nitrogen and oxygen atoms in total. The third-order valence-electron chi connectivity index (χ3n) is 2.97. The number of nitrogens with two attached hydrogens (primary N) is 1. The maximum absolute atomic E-state index is 13.3. The predicted molar refractivity (Wildman–Crippen MR) is 50.6 cm³/mol. The van der Waals surface area contributed by atoms with E-state index in [2.05, 4.69) is 0 Å². The third kappa shape index (κ3) is 1.52. The van der Waals surface area contributed by atoms with Crippen LogP contribution in [0.2, 0.25) is 0 Å². The van der Waals surface area contributed by atoms with E-state index in [-0.39, 0.29) is 11.5 Å². The highest BCUT2D eigenvalue weighted by atomic mass is 19.1. The lowest BCUT2D eigenvalue weighted by atomic mass is 10.0. The molecule has 1 fully saturated rings. The van der Waals surface area contributed by atoms with Gasteiger partial charge in [0.05, 0.1) is 0 Å². The van der Waals surface area contributed by atoms with Gasteiger partial charge in [-0.05, 0) is 30.4 Å². The second-order valence-electron chi connectivity index (χ2n) is 4.04. The lowest BCUT2D eigenvalue weighted by molar-refractivity contribution is 0.493. The Morgan fingerprint density at radius 2 is 1.86 bits per heavy atom. The molecule has 0 radical (unpaired) electrons. The minimum Gasteiger partial charge on any atom is -0.324 e. The van der Waals surface area contributed by atoms with E-state index in [1.165, 1.54) is 18.2 Å². The molecule has 3 atom stereocenters. The Morgan fingerprint density at radius 3 is 2.29 bits per heavy atom. The molecule has 76 valence electrons. The quantitative estimate of drug-likeness (QED) is 0.774. The van der Waals surface area contributed by atoms with E-state index < -0.39 is 17.7 Å². The molecule has 0 spiro atoms. The molecule has 3 unspecified atom stereocenters. The van der Waals surface area contributed by atoms with Gasteiger partial charge in [0.15, 0.2) is 0 Å². The van der Waals surface area contributed by atoms with Crippen LogP contribution in [0.25, 0.3) is 0 Å². The van der Waals surface area contributed by atoms with Crippen molar-refractivity contribution in [3.63, 3.8) is 0 Å². The first-order valence-corrected chi connectivity index (χ1v) is 4.80. The summed E-state index contributed by atoms with van der Waals surface area (Å²) in [5.74, 6) is -0.335. The summed E-state index contributed by atoms with van der Waals surface area (Å²) in [5.41, 5.74) is 5.86. The van der Waals surface area contributed by atoms with Crippen molar-refractivity contribution in [3.8, 4) is 0 Å². The molecule has 0 aliphatic heterocycles. The van der Waals surface area contributed by atoms with E-state index in [0.29, 0.717) is 5.92 Å². The molecule has 3 heteroatoms. The third-order valence-corrected chi connectivity index (χ3v) is 2.97. The fourth-order valence-electron chi connectivity index (χ4n) is 1.89. The van der Waals surface area contributed by atoms with Crippen molar-refractivity contribution >= 4 is 0 Å². The number of halogens is 2. The minimum atomic E-state index is -0.531. The number of hydrogen-bond donors (Lipinski definition) is 1. The molecule has 0 bridgehead atoms. The SMILES string of the molecule is CC1CC1C(N)c1c(F)cccc1F. The molecule has 2 N–H and O–H groups in total. The van der Waals surface area contributed by atoms with E-state index in [9.17, 15) is 8.78 Å². The van der Waals surface area contributed by atoms with Gasteiger partial charge in [-0.3, -0.25) is 0 Å². The van der Waals surface area contributed by atoms with Crippen LogP contribution in [0.5, 0.6) is 0 Å². The van der Waals surface area contributed by atoms with Crippen molar-refractivity contribution in [2.24, 2.45) is 17.6 Å². The normalized spacial score (nSPS) is 27.4. The molecule has 0 amide bonds. The molecule has 14 heavy (non-hydrogen) atoms. The van der Waals surface area contributed by atoms with Gasteiger partial charge in [0.25, 0.3) is 0 Å². The van der Waals surface area contributed by atoms with Crippen LogP contribution in [-0.4, -0.2) is 0 Å². The van der Waals surface area contributed by atoms with Crippen molar-refractivity contribution < 1.29 is 8.78 Å². The van der Waals surface area contributed by atoms with Crippen LogP contribution >= 0.6 is 0 Å². The van der Waals surface area contributed by atoms with Crippen LogP contribution < -0.4 is 5.73 Å².